The lowest BCUT2D eigenvalue weighted by Crippen LogP contribution is -2.20. The maximum Gasteiger partial charge on any atom is 0.337 e. The number of carboxylic acid groups (broad SMARTS) is 9. The number of halogens is 1. The number of hydrogen-bond donors (Lipinski definition) is 12. The first-order valence-corrected chi connectivity index (χ1v) is 22.1. The van der Waals surface area contributed by atoms with Crippen molar-refractivity contribution in [3.05, 3.63) is 116 Å². The lowest BCUT2D eigenvalue weighted by atomic mass is 10.00. The second-order valence-corrected chi connectivity index (χ2v) is 18.7. The lowest BCUT2D eigenvalue weighted by molar-refractivity contribution is 0.0632. The van der Waals surface area contributed by atoms with Crippen molar-refractivity contribution in [2.45, 2.75) is 14.7 Å². The molecule has 12 N–H and O–H groups in total. The van der Waals surface area contributed by atoms with Crippen molar-refractivity contribution < 1.29 is 114 Å². The second kappa shape index (κ2) is 17.8. The van der Waals surface area contributed by atoms with Gasteiger partial charge in [-0.15, -0.1) is 0 Å². The van der Waals surface area contributed by atoms with E-state index in [0.717, 1.165) is 0 Å². The summed E-state index contributed by atoms with van der Waals surface area (Å²) in [5, 5.41) is 83.9. The molecule has 354 valence electrons. The van der Waals surface area contributed by atoms with Gasteiger partial charge in [0.2, 0.25) is 0 Å². The maximum atomic E-state index is 14.2. The zero-order valence-corrected chi connectivity index (χ0v) is 35.7. The van der Waals surface area contributed by atoms with E-state index in [0.29, 0.717) is 60.7 Å². The Hall–Kier alpha value is -8.87. The molecule has 68 heavy (non-hydrogen) atoms. The van der Waals surface area contributed by atoms with E-state index < -0.39 is 181 Å². The fourth-order valence-electron chi connectivity index (χ4n) is 6.34. The molecule has 0 radical (unpaired) electrons. The summed E-state index contributed by atoms with van der Waals surface area (Å²) in [7, 11) is -16.2. The van der Waals surface area contributed by atoms with Crippen molar-refractivity contribution in [3.63, 3.8) is 0 Å². The summed E-state index contributed by atoms with van der Waals surface area (Å²) < 4.78 is 89.4. The summed E-state index contributed by atoms with van der Waals surface area (Å²) in [6, 6.07) is 4.09. The van der Waals surface area contributed by atoms with Crippen LogP contribution in [-0.4, -0.2) is 125 Å². The minimum atomic E-state index is -5.53. The van der Waals surface area contributed by atoms with E-state index >= 15 is 0 Å². The molecule has 0 fully saturated rings. The Balaban J connectivity index is 1.81. The number of hydrogen-bond acceptors (Lipinski definition) is 15. The first-order valence-electron chi connectivity index (χ1n) is 17.3. The molecule has 0 saturated heterocycles. The van der Waals surface area contributed by atoms with Crippen LogP contribution in [0.1, 0.15) is 93.2 Å². The molecular formula is C37H22ClN3O24S3. The van der Waals surface area contributed by atoms with Crippen molar-refractivity contribution >= 4 is 123 Å². The topological polar surface area (TPSA) is 474 Å². The molecule has 27 nitrogen and oxygen atoms in total. The van der Waals surface area contributed by atoms with Gasteiger partial charge in [-0.25, -0.2) is 68.4 Å². The monoisotopic (exact) mass is 1020 g/mol. The Morgan fingerprint density at radius 1 is 0.353 bits per heavy atom. The number of carboxylic acids is 9. The third-order valence-electron chi connectivity index (χ3n) is 9.02. The van der Waals surface area contributed by atoms with Gasteiger partial charge in [0.05, 0.1) is 86.8 Å². The molecule has 0 bridgehead atoms. The van der Waals surface area contributed by atoms with Gasteiger partial charge in [0.15, 0.2) is 0 Å². The van der Waals surface area contributed by atoms with Crippen molar-refractivity contribution in [1.29, 1.82) is 0 Å². The molecule has 0 spiro atoms. The number of carbonyl (C=O) groups is 9. The van der Waals surface area contributed by atoms with Crippen LogP contribution in [-0.2, 0) is 30.1 Å². The van der Waals surface area contributed by atoms with Gasteiger partial charge in [-0.05, 0) is 66.0 Å². The van der Waals surface area contributed by atoms with Crippen LogP contribution < -0.4 is 14.2 Å². The predicted molar refractivity (Wildman–Crippen MR) is 223 cm³/mol. The standard InChI is InChI=1S/C37H22ClN3O24S3/c38-23-9-15(66(60,61)39-12-3-17(29(42)43)26(35(54)55)18(4-12)30(44)45)1-11-2-16(67(62,63)40-13-5-19(31(46)47)27(36(56)57)20(6-13)32(48)49)10-24(25(11)23)68(64,65)41-14-7-21(33(50)51)28(37(58)59)22(8-14)34(52)53/h1-10,39-41H,(H,42,43)(H,44,45)(H,46,47)(H,48,49)(H,50,51)(H,52,53)(H,54,55)(H,56,57)(H,58,59). The van der Waals surface area contributed by atoms with Crippen LogP contribution in [0.25, 0.3) is 10.8 Å². The SMILES string of the molecule is O=C(O)c1cc(NS(=O)(=O)c2cc(Cl)c3c(S(=O)(=O)Nc4cc(C(=O)O)c(C(=O)O)c(C(=O)O)c4)cc(S(=O)(=O)Nc4cc(C(=O)O)c(C(=O)O)c(C(=O)O)c4)cc3c2)cc(C(=O)O)c1C(=O)O. The number of benzene rings is 5. The highest BCUT2D eigenvalue weighted by atomic mass is 35.5. The van der Waals surface area contributed by atoms with Gasteiger partial charge in [-0.2, -0.15) is 0 Å². The summed E-state index contributed by atoms with van der Waals surface area (Å²) in [5.41, 5.74) is -14.3. The van der Waals surface area contributed by atoms with Gasteiger partial charge < -0.3 is 46.0 Å². The first-order chi connectivity index (χ1) is 31.3. The van der Waals surface area contributed by atoms with Crippen molar-refractivity contribution in [2.24, 2.45) is 0 Å². The molecule has 0 heterocycles. The highest BCUT2D eigenvalue weighted by Gasteiger charge is 2.32. The summed E-state index contributed by atoms with van der Waals surface area (Å²) in [4.78, 5) is 104. The molecule has 5 aromatic carbocycles. The fraction of sp³-hybridized carbons (Fsp3) is 0. The van der Waals surface area contributed by atoms with Gasteiger partial charge in [0.25, 0.3) is 30.1 Å². The molecule has 0 aromatic heterocycles. The van der Waals surface area contributed by atoms with E-state index in [4.69, 9.17) is 11.6 Å². The second-order valence-electron chi connectivity index (χ2n) is 13.3. The average molecular weight is 1020 g/mol. The highest BCUT2D eigenvalue weighted by molar-refractivity contribution is 7.94. The molecule has 0 aliphatic rings. The molecule has 0 aliphatic heterocycles. The van der Waals surface area contributed by atoms with E-state index in [9.17, 15) is 114 Å². The quantitative estimate of drug-likeness (QED) is 0.0599. The Morgan fingerprint density at radius 3 is 0.853 bits per heavy atom. The molecular weight excluding hydrogens is 1000 g/mol. The van der Waals surface area contributed by atoms with E-state index in [1.807, 2.05) is 0 Å². The van der Waals surface area contributed by atoms with E-state index in [1.54, 1.807) is 14.2 Å². The number of fused-ring (bicyclic) bond motifs is 1. The van der Waals surface area contributed by atoms with Crippen LogP contribution in [0.5, 0.6) is 0 Å². The first kappa shape index (κ1) is 50.1. The molecule has 0 aliphatic carbocycles. The van der Waals surface area contributed by atoms with Crippen LogP contribution >= 0.6 is 11.6 Å². The zero-order chi connectivity index (χ0) is 51.3. The molecule has 31 heteroatoms. The number of sulfonamides is 3. The number of nitrogens with one attached hydrogen (secondary N) is 3. The smallest absolute Gasteiger partial charge is 0.337 e. The lowest BCUT2D eigenvalue weighted by Gasteiger charge is -2.18. The molecule has 5 rings (SSSR count). The van der Waals surface area contributed by atoms with Gasteiger partial charge >= 0.3 is 53.7 Å². The van der Waals surface area contributed by atoms with Crippen LogP contribution in [0.15, 0.2) is 75.4 Å². The Labute approximate surface area is 380 Å². The molecule has 0 amide bonds. The summed E-state index contributed by atoms with van der Waals surface area (Å²) in [6.07, 6.45) is 0. The van der Waals surface area contributed by atoms with E-state index in [1.165, 1.54) is 0 Å². The Kier molecular flexibility index (Phi) is 13.2. The van der Waals surface area contributed by atoms with E-state index in [2.05, 4.69) is 0 Å². The normalized spacial score (nSPS) is 11.5. The molecule has 0 atom stereocenters. The molecule has 0 saturated carbocycles. The van der Waals surface area contributed by atoms with Gasteiger partial charge in [0, 0.05) is 5.39 Å². The molecule has 0 unspecified atom stereocenters. The predicted octanol–water partition coefficient (Wildman–Crippen LogP) is 3.18. The summed E-state index contributed by atoms with van der Waals surface area (Å²) in [6.45, 7) is 0. The van der Waals surface area contributed by atoms with E-state index in [-0.39, 0.29) is 0 Å². The summed E-state index contributed by atoms with van der Waals surface area (Å²) >= 11 is 6.44. The number of rotatable bonds is 18. The third-order valence-corrected chi connectivity index (χ3v) is 13.4. The van der Waals surface area contributed by atoms with Gasteiger partial charge in [0.1, 0.15) is 0 Å². The third kappa shape index (κ3) is 9.71. The maximum absolute atomic E-state index is 14.2. The average Bonchev–Trinajstić information content (AvgIpc) is 3.21. The van der Waals surface area contributed by atoms with Gasteiger partial charge in [-0.3, -0.25) is 14.2 Å². The van der Waals surface area contributed by atoms with Gasteiger partial charge in [-0.1, -0.05) is 11.6 Å². The van der Waals surface area contributed by atoms with Crippen LogP contribution in [0.3, 0.4) is 0 Å². The number of aromatic carboxylic acids is 9. The van der Waals surface area contributed by atoms with Crippen molar-refractivity contribution in [1.82, 2.24) is 0 Å². The minimum Gasteiger partial charge on any atom is -0.478 e. The largest absolute Gasteiger partial charge is 0.478 e. The minimum absolute atomic E-state index is 0.292. The highest BCUT2D eigenvalue weighted by Crippen LogP contribution is 2.38. The Morgan fingerprint density at radius 2 is 0.603 bits per heavy atom. The van der Waals surface area contributed by atoms with Crippen molar-refractivity contribution in [3.8, 4) is 0 Å². The summed E-state index contributed by atoms with van der Waals surface area (Å²) in [5.74, 6) is -18.6. The number of anilines is 3. The Bertz CT molecular complexity index is 3440. The molecule has 5 aromatic rings. The zero-order valence-electron chi connectivity index (χ0n) is 32.5. The van der Waals surface area contributed by atoms with Crippen LogP contribution in [0.4, 0.5) is 17.1 Å². The van der Waals surface area contributed by atoms with Crippen LogP contribution in [0.2, 0.25) is 5.02 Å². The van der Waals surface area contributed by atoms with Crippen molar-refractivity contribution in [2.75, 3.05) is 14.2 Å². The fourth-order valence-corrected chi connectivity index (χ4v) is 10.4. The van der Waals surface area contributed by atoms with Crippen LogP contribution in [0, 0.1) is 0 Å².